The number of alkyl halides is 3. The molecule has 0 bridgehead atoms. The van der Waals surface area contributed by atoms with Crippen molar-refractivity contribution >= 4 is 0 Å². The van der Waals surface area contributed by atoms with Crippen molar-refractivity contribution in [2.45, 2.75) is 19.1 Å². The molecule has 0 aliphatic heterocycles. The molecule has 2 rings (SSSR count). The van der Waals surface area contributed by atoms with E-state index >= 15 is 0 Å². The number of halogens is 4. The Morgan fingerprint density at radius 1 is 1.10 bits per heavy atom. The highest BCUT2D eigenvalue weighted by Crippen LogP contribution is 2.30. The van der Waals surface area contributed by atoms with Gasteiger partial charge in [0.25, 0.3) is 0 Å². The van der Waals surface area contributed by atoms with Gasteiger partial charge in [-0.15, -0.1) is 0 Å². The summed E-state index contributed by atoms with van der Waals surface area (Å²) in [6, 6.07) is 8.09. The van der Waals surface area contributed by atoms with E-state index in [9.17, 15) is 17.6 Å². The van der Waals surface area contributed by atoms with E-state index in [2.05, 4.69) is 10.3 Å². The van der Waals surface area contributed by atoms with Crippen LogP contribution in [-0.2, 0) is 19.1 Å². The van der Waals surface area contributed by atoms with Gasteiger partial charge >= 0.3 is 6.18 Å². The number of nitrogens with zero attached hydrogens (tertiary/aromatic N) is 1. The van der Waals surface area contributed by atoms with Crippen LogP contribution in [0.15, 0.2) is 42.6 Å². The quantitative estimate of drug-likeness (QED) is 0.674. The third-order valence-electron chi connectivity index (χ3n) is 2.90. The first-order valence-corrected chi connectivity index (χ1v) is 6.42. The van der Waals surface area contributed by atoms with E-state index in [4.69, 9.17) is 0 Å². The van der Waals surface area contributed by atoms with Crippen LogP contribution < -0.4 is 5.32 Å². The Morgan fingerprint density at radius 3 is 2.57 bits per heavy atom. The average Bonchev–Trinajstić information content (AvgIpc) is 2.43. The molecule has 2 aromatic rings. The number of nitrogens with one attached hydrogen (secondary N) is 1. The van der Waals surface area contributed by atoms with E-state index in [0.717, 1.165) is 17.8 Å². The highest BCUT2D eigenvalue weighted by Gasteiger charge is 2.31. The topological polar surface area (TPSA) is 24.9 Å². The number of aromatic nitrogens is 1. The second kappa shape index (κ2) is 6.67. The van der Waals surface area contributed by atoms with Crippen LogP contribution in [0.2, 0.25) is 0 Å². The van der Waals surface area contributed by atoms with Gasteiger partial charge in [-0.3, -0.25) is 4.98 Å². The Bertz CT molecular complexity index is 582. The smallest absolute Gasteiger partial charge is 0.312 e. The van der Waals surface area contributed by atoms with Gasteiger partial charge < -0.3 is 5.32 Å². The summed E-state index contributed by atoms with van der Waals surface area (Å²) in [5.41, 5.74) is 0.188. The van der Waals surface area contributed by atoms with Crippen molar-refractivity contribution in [3.63, 3.8) is 0 Å². The summed E-state index contributed by atoms with van der Waals surface area (Å²) in [5.74, 6) is -0.883. The van der Waals surface area contributed by atoms with Crippen molar-refractivity contribution in [2.24, 2.45) is 0 Å². The number of hydrogen-bond donors (Lipinski definition) is 1. The number of rotatable bonds is 5. The van der Waals surface area contributed by atoms with E-state index in [1.807, 2.05) is 18.2 Å². The van der Waals surface area contributed by atoms with Gasteiger partial charge in [-0.25, -0.2) is 4.39 Å². The molecule has 0 saturated carbocycles. The largest absolute Gasteiger partial charge is 0.416 e. The first kappa shape index (κ1) is 15.4. The van der Waals surface area contributed by atoms with Crippen LogP contribution >= 0.6 is 0 Å². The third kappa shape index (κ3) is 4.82. The van der Waals surface area contributed by atoms with E-state index in [1.54, 1.807) is 6.20 Å². The molecule has 21 heavy (non-hydrogen) atoms. The summed E-state index contributed by atoms with van der Waals surface area (Å²) in [5, 5.41) is 2.98. The Balaban J connectivity index is 1.90. The van der Waals surface area contributed by atoms with Crippen LogP contribution in [-0.4, -0.2) is 11.5 Å². The standard InChI is InChI=1S/C15H14F4N2/c16-13-8-11(7-12(9-13)15(17,18)19)10-20-6-4-14-3-1-2-5-21-14/h1-3,5,7-9,20H,4,6,10H2. The second-order valence-corrected chi connectivity index (χ2v) is 4.59. The lowest BCUT2D eigenvalue weighted by Gasteiger charge is -2.10. The second-order valence-electron chi connectivity index (χ2n) is 4.59. The Labute approximate surface area is 119 Å². The fourth-order valence-corrected chi connectivity index (χ4v) is 1.91. The summed E-state index contributed by atoms with van der Waals surface area (Å²) in [6.45, 7) is 0.725. The molecule has 0 amide bonds. The predicted molar refractivity (Wildman–Crippen MR) is 71.0 cm³/mol. The highest BCUT2D eigenvalue weighted by molar-refractivity contribution is 5.26. The van der Waals surface area contributed by atoms with Gasteiger partial charge in [0.2, 0.25) is 0 Å². The molecule has 0 saturated heterocycles. The molecule has 0 spiro atoms. The normalized spacial score (nSPS) is 11.6. The van der Waals surface area contributed by atoms with Crippen molar-refractivity contribution in [1.82, 2.24) is 10.3 Å². The first-order chi connectivity index (χ1) is 9.95. The van der Waals surface area contributed by atoms with Gasteiger partial charge in [0, 0.05) is 31.4 Å². The molecule has 2 nitrogen and oxygen atoms in total. The zero-order valence-corrected chi connectivity index (χ0v) is 11.1. The van der Waals surface area contributed by atoms with E-state index in [-0.39, 0.29) is 12.1 Å². The zero-order chi connectivity index (χ0) is 15.3. The monoisotopic (exact) mass is 298 g/mol. The van der Waals surface area contributed by atoms with Gasteiger partial charge in [0.15, 0.2) is 0 Å². The number of pyridine rings is 1. The summed E-state index contributed by atoms with van der Waals surface area (Å²) >= 11 is 0. The summed E-state index contributed by atoms with van der Waals surface area (Å²) in [4.78, 5) is 4.14. The molecule has 1 N–H and O–H groups in total. The molecule has 0 fully saturated rings. The Kier molecular flexibility index (Phi) is 4.90. The van der Waals surface area contributed by atoms with Crippen LogP contribution in [0.4, 0.5) is 17.6 Å². The fraction of sp³-hybridized carbons (Fsp3) is 0.267. The van der Waals surface area contributed by atoms with Gasteiger partial charge in [-0.2, -0.15) is 13.2 Å². The van der Waals surface area contributed by atoms with Gasteiger partial charge in [-0.05, 0) is 35.9 Å². The van der Waals surface area contributed by atoms with Crippen LogP contribution in [0.5, 0.6) is 0 Å². The molecule has 1 heterocycles. The van der Waals surface area contributed by atoms with Crippen molar-refractivity contribution < 1.29 is 17.6 Å². The molecule has 1 aromatic carbocycles. The lowest BCUT2D eigenvalue weighted by Crippen LogP contribution is -2.18. The van der Waals surface area contributed by atoms with Gasteiger partial charge in [0.05, 0.1) is 5.56 Å². The summed E-state index contributed by atoms with van der Waals surface area (Å²) in [6.07, 6.45) is -2.20. The third-order valence-corrected chi connectivity index (χ3v) is 2.90. The van der Waals surface area contributed by atoms with Crippen molar-refractivity contribution in [3.05, 3.63) is 65.2 Å². The SMILES string of the molecule is Fc1cc(CNCCc2ccccn2)cc(C(F)(F)F)c1. The molecular formula is C15H14F4N2. The maximum atomic E-state index is 13.2. The zero-order valence-electron chi connectivity index (χ0n) is 11.1. The first-order valence-electron chi connectivity index (χ1n) is 6.42. The molecular weight excluding hydrogens is 284 g/mol. The summed E-state index contributed by atoms with van der Waals surface area (Å²) in [7, 11) is 0. The maximum absolute atomic E-state index is 13.2. The Hall–Kier alpha value is -1.95. The molecule has 0 atom stereocenters. The van der Waals surface area contributed by atoms with Crippen LogP contribution in [0, 0.1) is 5.82 Å². The lowest BCUT2D eigenvalue weighted by atomic mass is 10.1. The molecule has 0 aliphatic rings. The minimum atomic E-state index is -4.54. The molecule has 0 aliphatic carbocycles. The molecule has 112 valence electrons. The highest BCUT2D eigenvalue weighted by atomic mass is 19.4. The summed E-state index contributed by atoms with van der Waals surface area (Å²) < 4.78 is 50.9. The molecule has 1 aromatic heterocycles. The minimum absolute atomic E-state index is 0.174. The van der Waals surface area contributed by atoms with Crippen LogP contribution in [0.1, 0.15) is 16.8 Å². The Morgan fingerprint density at radius 2 is 1.90 bits per heavy atom. The lowest BCUT2D eigenvalue weighted by molar-refractivity contribution is -0.137. The van der Waals surface area contributed by atoms with Gasteiger partial charge in [-0.1, -0.05) is 6.07 Å². The molecule has 6 heteroatoms. The molecule has 0 radical (unpaired) electrons. The molecule has 0 unspecified atom stereocenters. The van der Waals surface area contributed by atoms with E-state index in [0.29, 0.717) is 19.0 Å². The number of benzene rings is 1. The van der Waals surface area contributed by atoms with E-state index in [1.165, 1.54) is 0 Å². The fourth-order valence-electron chi connectivity index (χ4n) is 1.91. The predicted octanol–water partition coefficient (Wildman–Crippen LogP) is 3.57. The minimum Gasteiger partial charge on any atom is -0.312 e. The van der Waals surface area contributed by atoms with Crippen molar-refractivity contribution in [3.8, 4) is 0 Å². The average molecular weight is 298 g/mol. The van der Waals surface area contributed by atoms with Crippen molar-refractivity contribution in [1.29, 1.82) is 0 Å². The van der Waals surface area contributed by atoms with Crippen LogP contribution in [0.25, 0.3) is 0 Å². The van der Waals surface area contributed by atoms with Crippen molar-refractivity contribution in [2.75, 3.05) is 6.54 Å². The van der Waals surface area contributed by atoms with Crippen LogP contribution in [0.3, 0.4) is 0 Å². The number of hydrogen-bond acceptors (Lipinski definition) is 2. The van der Waals surface area contributed by atoms with E-state index < -0.39 is 17.6 Å². The maximum Gasteiger partial charge on any atom is 0.416 e. The van der Waals surface area contributed by atoms with Gasteiger partial charge in [0.1, 0.15) is 5.82 Å².